The first kappa shape index (κ1) is 13.4. The largest absolute Gasteiger partial charge is 0.478 e. The summed E-state index contributed by atoms with van der Waals surface area (Å²) in [6.45, 7) is 0.677. The van der Waals surface area contributed by atoms with Crippen LogP contribution in [0.1, 0.15) is 16.8 Å². The number of rotatable bonds is 6. The number of aromatic carboxylic acids is 1. The van der Waals surface area contributed by atoms with E-state index in [1.807, 2.05) is 0 Å². The minimum atomic E-state index is -0.925. The molecule has 0 fully saturated rings. The summed E-state index contributed by atoms with van der Waals surface area (Å²) in [6.07, 6.45) is 0.882. The van der Waals surface area contributed by atoms with Crippen molar-refractivity contribution < 1.29 is 14.6 Å². The molecule has 0 saturated carbocycles. The molecular formula is C11H13ClO3S. The van der Waals surface area contributed by atoms with Crippen molar-refractivity contribution in [3.05, 3.63) is 28.8 Å². The zero-order valence-electron chi connectivity index (χ0n) is 8.90. The summed E-state index contributed by atoms with van der Waals surface area (Å²) < 4.78 is 4.93. The Morgan fingerprint density at radius 1 is 1.56 bits per heavy atom. The smallest absolute Gasteiger partial charge is 0.336 e. The molecule has 3 nitrogen and oxygen atoms in total. The van der Waals surface area contributed by atoms with Crippen LogP contribution in [0.25, 0.3) is 0 Å². The number of carbonyl (C=O) groups is 1. The lowest BCUT2D eigenvalue weighted by atomic mass is 10.2. The predicted octanol–water partition coefficient (Wildman–Crippen LogP) is 3.17. The maximum absolute atomic E-state index is 10.9. The first-order valence-electron chi connectivity index (χ1n) is 4.79. The number of hydrogen-bond acceptors (Lipinski definition) is 3. The molecule has 0 aliphatic carbocycles. The first-order valence-corrected chi connectivity index (χ1v) is 6.16. The van der Waals surface area contributed by atoms with Gasteiger partial charge in [0.15, 0.2) is 0 Å². The fourth-order valence-electron chi connectivity index (χ4n) is 1.18. The van der Waals surface area contributed by atoms with Crippen molar-refractivity contribution in [2.24, 2.45) is 0 Å². The normalized spacial score (nSPS) is 10.4. The van der Waals surface area contributed by atoms with Crippen molar-refractivity contribution in [2.45, 2.75) is 11.3 Å². The molecule has 0 unspecified atom stereocenters. The third-order valence-electron chi connectivity index (χ3n) is 1.92. The topological polar surface area (TPSA) is 46.5 Å². The molecular weight excluding hydrogens is 248 g/mol. The highest BCUT2D eigenvalue weighted by Gasteiger charge is 2.10. The Hall–Kier alpha value is -0.710. The molecule has 1 aromatic carbocycles. The second-order valence-corrected chi connectivity index (χ2v) is 4.71. The summed E-state index contributed by atoms with van der Waals surface area (Å²) in [5.74, 6) is -0.111. The molecule has 0 spiro atoms. The molecule has 0 aliphatic heterocycles. The average molecular weight is 261 g/mol. The summed E-state index contributed by atoms with van der Waals surface area (Å²) >= 11 is 7.31. The number of ether oxygens (including phenoxy) is 1. The lowest BCUT2D eigenvalue weighted by molar-refractivity contribution is 0.0693. The Balaban J connectivity index is 2.68. The third-order valence-corrected chi connectivity index (χ3v) is 3.30. The maximum atomic E-state index is 10.9. The van der Waals surface area contributed by atoms with E-state index in [1.165, 1.54) is 17.8 Å². The standard InChI is InChI=1S/C11H13ClO3S/c1-15-5-2-6-16-10-7-8(12)3-4-9(10)11(13)14/h3-4,7H,2,5-6H2,1H3,(H,13,14). The molecule has 0 aromatic heterocycles. The van der Waals surface area contributed by atoms with Gasteiger partial charge in [-0.05, 0) is 24.6 Å². The van der Waals surface area contributed by atoms with Crippen LogP contribution in [-0.2, 0) is 4.74 Å². The number of carboxylic acid groups (broad SMARTS) is 1. The van der Waals surface area contributed by atoms with E-state index < -0.39 is 5.97 Å². The van der Waals surface area contributed by atoms with Gasteiger partial charge in [-0.1, -0.05) is 11.6 Å². The number of halogens is 1. The molecule has 1 rings (SSSR count). The van der Waals surface area contributed by atoms with Crippen LogP contribution in [-0.4, -0.2) is 30.5 Å². The summed E-state index contributed by atoms with van der Waals surface area (Å²) in [7, 11) is 1.65. The summed E-state index contributed by atoms with van der Waals surface area (Å²) in [4.78, 5) is 11.6. The van der Waals surface area contributed by atoms with E-state index >= 15 is 0 Å². The monoisotopic (exact) mass is 260 g/mol. The molecule has 5 heteroatoms. The summed E-state index contributed by atoms with van der Waals surface area (Å²) in [5.41, 5.74) is 0.298. The number of hydrogen-bond donors (Lipinski definition) is 1. The molecule has 0 atom stereocenters. The molecule has 0 amide bonds. The Bertz CT molecular complexity index is 368. The van der Waals surface area contributed by atoms with Crippen LogP contribution < -0.4 is 0 Å². The van der Waals surface area contributed by atoms with Gasteiger partial charge in [0.25, 0.3) is 0 Å². The number of benzene rings is 1. The van der Waals surface area contributed by atoms with Crippen molar-refractivity contribution in [3.8, 4) is 0 Å². The van der Waals surface area contributed by atoms with Crippen molar-refractivity contribution >= 4 is 29.3 Å². The van der Waals surface area contributed by atoms with Crippen LogP contribution in [0.5, 0.6) is 0 Å². The molecule has 1 aromatic rings. The predicted molar refractivity (Wildman–Crippen MR) is 65.6 cm³/mol. The van der Waals surface area contributed by atoms with Gasteiger partial charge in [-0.15, -0.1) is 11.8 Å². The zero-order chi connectivity index (χ0) is 12.0. The lowest BCUT2D eigenvalue weighted by Gasteiger charge is -2.06. The van der Waals surface area contributed by atoms with Gasteiger partial charge in [-0.2, -0.15) is 0 Å². The maximum Gasteiger partial charge on any atom is 0.336 e. The van der Waals surface area contributed by atoms with E-state index in [0.29, 0.717) is 22.1 Å². The first-order chi connectivity index (χ1) is 7.65. The summed E-state index contributed by atoms with van der Waals surface area (Å²) in [5, 5.41) is 9.53. The average Bonchev–Trinajstić information content (AvgIpc) is 2.24. The van der Waals surface area contributed by atoms with Crippen LogP contribution in [0.15, 0.2) is 23.1 Å². The van der Waals surface area contributed by atoms with Crippen LogP contribution in [0.3, 0.4) is 0 Å². The van der Waals surface area contributed by atoms with E-state index in [2.05, 4.69) is 0 Å². The lowest BCUT2D eigenvalue weighted by Crippen LogP contribution is -1.99. The number of thioether (sulfide) groups is 1. The highest BCUT2D eigenvalue weighted by molar-refractivity contribution is 7.99. The van der Waals surface area contributed by atoms with Crippen molar-refractivity contribution in [2.75, 3.05) is 19.5 Å². The molecule has 88 valence electrons. The van der Waals surface area contributed by atoms with Crippen molar-refractivity contribution in [1.29, 1.82) is 0 Å². The fraction of sp³-hybridized carbons (Fsp3) is 0.364. The van der Waals surface area contributed by atoms with E-state index in [9.17, 15) is 4.79 Å². The van der Waals surface area contributed by atoms with Gasteiger partial charge in [-0.3, -0.25) is 0 Å². The second-order valence-electron chi connectivity index (χ2n) is 3.14. The molecule has 0 saturated heterocycles. The minimum Gasteiger partial charge on any atom is -0.478 e. The summed E-state index contributed by atoms with van der Waals surface area (Å²) in [6, 6.07) is 4.80. The van der Waals surface area contributed by atoms with Crippen LogP contribution in [0.2, 0.25) is 5.02 Å². The van der Waals surface area contributed by atoms with Gasteiger partial charge in [0.05, 0.1) is 5.56 Å². The van der Waals surface area contributed by atoms with E-state index in [0.717, 1.165) is 12.2 Å². The fourth-order valence-corrected chi connectivity index (χ4v) is 2.42. The zero-order valence-corrected chi connectivity index (χ0v) is 10.5. The molecule has 0 bridgehead atoms. The molecule has 0 radical (unpaired) electrons. The third kappa shape index (κ3) is 4.04. The highest BCUT2D eigenvalue weighted by atomic mass is 35.5. The van der Waals surface area contributed by atoms with Crippen molar-refractivity contribution in [3.63, 3.8) is 0 Å². The van der Waals surface area contributed by atoms with Gasteiger partial charge < -0.3 is 9.84 Å². The minimum absolute atomic E-state index is 0.298. The van der Waals surface area contributed by atoms with E-state index in [4.69, 9.17) is 21.4 Å². The van der Waals surface area contributed by atoms with Gasteiger partial charge in [0, 0.05) is 29.4 Å². The Morgan fingerprint density at radius 3 is 2.94 bits per heavy atom. The molecule has 0 heterocycles. The van der Waals surface area contributed by atoms with Gasteiger partial charge in [0.2, 0.25) is 0 Å². The van der Waals surface area contributed by atoms with Crippen LogP contribution in [0, 0.1) is 0 Å². The van der Waals surface area contributed by atoms with E-state index in [-0.39, 0.29) is 0 Å². The second kappa shape index (κ2) is 6.78. The molecule has 16 heavy (non-hydrogen) atoms. The Kier molecular flexibility index (Phi) is 5.66. The molecule has 1 N–H and O–H groups in total. The quantitative estimate of drug-likeness (QED) is 0.630. The SMILES string of the molecule is COCCCSc1cc(Cl)ccc1C(=O)O. The van der Waals surface area contributed by atoms with Gasteiger partial charge in [-0.25, -0.2) is 4.79 Å². The highest BCUT2D eigenvalue weighted by Crippen LogP contribution is 2.26. The number of methoxy groups -OCH3 is 1. The van der Waals surface area contributed by atoms with Crippen LogP contribution >= 0.6 is 23.4 Å². The van der Waals surface area contributed by atoms with Crippen molar-refractivity contribution in [1.82, 2.24) is 0 Å². The van der Waals surface area contributed by atoms with E-state index in [1.54, 1.807) is 19.2 Å². The van der Waals surface area contributed by atoms with Crippen LogP contribution in [0.4, 0.5) is 0 Å². The Morgan fingerprint density at radius 2 is 2.31 bits per heavy atom. The number of carboxylic acids is 1. The molecule has 0 aliphatic rings. The van der Waals surface area contributed by atoms with Gasteiger partial charge >= 0.3 is 5.97 Å². The van der Waals surface area contributed by atoms with Gasteiger partial charge in [0.1, 0.15) is 0 Å². The Labute approximate surface area is 104 Å².